The number of hydrogen-bond donors (Lipinski definition) is 2. The highest BCUT2D eigenvalue weighted by molar-refractivity contribution is 5.91. The first kappa shape index (κ1) is 13.9. The third kappa shape index (κ3) is 3.15. The van der Waals surface area contributed by atoms with E-state index in [0.717, 1.165) is 0 Å². The highest BCUT2D eigenvalue weighted by atomic mass is 16.5. The highest BCUT2D eigenvalue weighted by Gasteiger charge is 2.14. The van der Waals surface area contributed by atoms with Crippen LogP contribution in [0.15, 0.2) is 12.1 Å². The zero-order valence-electron chi connectivity index (χ0n) is 10.5. The van der Waals surface area contributed by atoms with Crippen LogP contribution < -0.4 is 14.8 Å². The lowest BCUT2D eigenvalue weighted by atomic mass is 10.1. The van der Waals surface area contributed by atoms with E-state index in [1.165, 1.54) is 20.3 Å². The summed E-state index contributed by atoms with van der Waals surface area (Å²) in [6.07, 6.45) is 0. The van der Waals surface area contributed by atoms with Gasteiger partial charge in [0, 0.05) is 11.6 Å². The number of aromatic carboxylic acids is 1. The topological polar surface area (TPSA) is 67.8 Å². The van der Waals surface area contributed by atoms with Gasteiger partial charge in [-0.2, -0.15) is 0 Å². The minimum Gasteiger partial charge on any atom is -0.493 e. The zero-order chi connectivity index (χ0) is 13.5. The van der Waals surface area contributed by atoms with Gasteiger partial charge in [-0.25, -0.2) is 4.79 Å². The molecule has 2 N–H and O–H groups in total. The molecular weight excluding hydrogens is 234 g/mol. The molecule has 0 aliphatic rings. The van der Waals surface area contributed by atoms with Gasteiger partial charge in [0.2, 0.25) is 0 Å². The Labute approximate surface area is 106 Å². The lowest BCUT2D eigenvalue weighted by Gasteiger charge is -2.09. The Morgan fingerprint density at radius 1 is 1.33 bits per heavy atom. The molecule has 0 radical (unpaired) electrons. The molecule has 0 heterocycles. The monoisotopic (exact) mass is 249 g/mol. The predicted molar refractivity (Wildman–Crippen MR) is 67.3 cm³/mol. The van der Waals surface area contributed by atoms with Crippen molar-refractivity contribution in [1.82, 2.24) is 5.32 Å². The molecular formula is C13H15NO4. The van der Waals surface area contributed by atoms with Crippen molar-refractivity contribution >= 4 is 5.97 Å². The Morgan fingerprint density at radius 3 is 2.44 bits per heavy atom. The van der Waals surface area contributed by atoms with E-state index in [0.29, 0.717) is 23.6 Å². The molecule has 1 aromatic rings. The molecule has 0 saturated heterocycles. The second kappa shape index (κ2) is 6.52. The summed E-state index contributed by atoms with van der Waals surface area (Å²) in [4.78, 5) is 11.1. The SMILES string of the molecule is CNCC#Cc1cc(OC)c(OC)cc1C(=O)O. The summed E-state index contributed by atoms with van der Waals surface area (Å²) in [6.45, 7) is 0.480. The number of carbonyl (C=O) groups is 1. The maximum absolute atomic E-state index is 11.1. The van der Waals surface area contributed by atoms with Crippen molar-refractivity contribution in [2.24, 2.45) is 0 Å². The summed E-state index contributed by atoms with van der Waals surface area (Å²) >= 11 is 0. The van der Waals surface area contributed by atoms with Crippen LogP contribution in [0.1, 0.15) is 15.9 Å². The summed E-state index contributed by atoms with van der Waals surface area (Å²) in [5.74, 6) is 5.38. The van der Waals surface area contributed by atoms with Crippen molar-refractivity contribution in [1.29, 1.82) is 0 Å². The summed E-state index contributed by atoms with van der Waals surface area (Å²) in [5, 5.41) is 12.0. The largest absolute Gasteiger partial charge is 0.493 e. The minimum absolute atomic E-state index is 0.0938. The highest BCUT2D eigenvalue weighted by Crippen LogP contribution is 2.30. The summed E-state index contributed by atoms with van der Waals surface area (Å²) in [6, 6.07) is 2.97. The molecule has 0 saturated carbocycles. The van der Waals surface area contributed by atoms with Crippen LogP contribution in [0.2, 0.25) is 0 Å². The van der Waals surface area contributed by atoms with Crippen molar-refractivity contribution in [2.45, 2.75) is 0 Å². The van der Waals surface area contributed by atoms with Gasteiger partial charge in [-0.05, 0) is 13.1 Å². The van der Waals surface area contributed by atoms with Crippen LogP contribution in [0.5, 0.6) is 11.5 Å². The molecule has 0 spiro atoms. The van der Waals surface area contributed by atoms with Crippen molar-refractivity contribution in [2.75, 3.05) is 27.8 Å². The van der Waals surface area contributed by atoms with Crippen LogP contribution in [0.3, 0.4) is 0 Å². The summed E-state index contributed by atoms with van der Waals surface area (Å²) < 4.78 is 10.2. The molecule has 0 aliphatic heterocycles. The molecule has 0 aliphatic carbocycles. The average Bonchev–Trinajstić information content (AvgIpc) is 2.38. The van der Waals surface area contributed by atoms with Gasteiger partial charge in [0.25, 0.3) is 0 Å². The van der Waals surface area contributed by atoms with E-state index < -0.39 is 5.97 Å². The van der Waals surface area contributed by atoms with Gasteiger partial charge in [0.05, 0.1) is 26.3 Å². The minimum atomic E-state index is -1.05. The Balaban J connectivity index is 3.30. The van der Waals surface area contributed by atoms with Crippen LogP contribution in [0, 0.1) is 11.8 Å². The van der Waals surface area contributed by atoms with E-state index in [9.17, 15) is 4.79 Å². The Bertz CT molecular complexity index is 500. The molecule has 0 aromatic heterocycles. The van der Waals surface area contributed by atoms with E-state index >= 15 is 0 Å². The Morgan fingerprint density at radius 2 is 1.94 bits per heavy atom. The van der Waals surface area contributed by atoms with E-state index in [-0.39, 0.29) is 5.56 Å². The normalized spacial score (nSPS) is 9.28. The smallest absolute Gasteiger partial charge is 0.337 e. The summed E-state index contributed by atoms with van der Waals surface area (Å²) in [7, 11) is 4.71. The zero-order valence-corrected chi connectivity index (χ0v) is 10.5. The maximum Gasteiger partial charge on any atom is 0.337 e. The number of carboxylic acids is 1. The molecule has 1 aromatic carbocycles. The first-order valence-corrected chi connectivity index (χ1v) is 5.26. The van der Waals surface area contributed by atoms with Crippen molar-refractivity contribution in [3.8, 4) is 23.3 Å². The lowest BCUT2D eigenvalue weighted by molar-refractivity contribution is 0.0696. The van der Waals surface area contributed by atoms with Gasteiger partial charge in [0.15, 0.2) is 11.5 Å². The van der Waals surface area contributed by atoms with E-state index in [4.69, 9.17) is 14.6 Å². The molecule has 0 fully saturated rings. The van der Waals surface area contributed by atoms with E-state index in [1.807, 2.05) is 0 Å². The molecule has 0 bridgehead atoms. The molecule has 96 valence electrons. The molecule has 5 nitrogen and oxygen atoms in total. The first-order chi connectivity index (χ1) is 8.63. The van der Waals surface area contributed by atoms with Crippen LogP contribution in [-0.2, 0) is 0 Å². The second-order valence-electron chi connectivity index (χ2n) is 3.39. The summed E-state index contributed by atoms with van der Waals surface area (Å²) in [5.41, 5.74) is 0.492. The third-order valence-corrected chi connectivity index (χ3v) is 2.24. The van der Waals surface area contributed by atoms with Crippen molar-refractivity contribution in [3.63, 3.8) is 0 Å². The Kier molecular flexibility index (Phi) is 5.03. The van der Waals surface area contributed by atoms with Gasteiger partial charge in [-0.15, -0.1) is 0 Å². The van der Waals surface area contributed by atoms with E-state index in [1.54, 1.807) is 13.1 Å². The third-order valence-electron chi connectivity index (χ3n) is 2.24. The molecule has 18 heavy (non-hydrogen) atoms. The average molecular weight is 249 g/mol. The van der Waals surface area contributed by atoms with Crippen LogP contribution in [0.25, 0.3) is 0 Å². The maximum atomic E-state index is 11.1. The van der Waals surface area contributed by atoms with Gasteiger partial charge in [-0.3, -0.25) is 0 Å². The van der Waals surface area contributed by atoms with Gasteiger partial charge < -0.3 is 19.9 Å². The van der Waals surface area contributed by atoms with E-state index in [2.05, 4.69) is 17.2 Å². The Hall–Kier alpha value is -2.19. The van der Waals surface area contributed by atoms with Crippen LogP contribution >= 0.6 is 0 Å². The molecule has 0 atom stereocenters. The number of ether oxygens (including phenoxy) is 2. The number of benzene rings is 1. The van der Waals surface area contributed by atoms with Crippen LogP contribution in [-0.4, -0.2) is 38.9 Å². The number of nitrogens with one attached hydrogen (secondary N) is 1. The first-order valence-electron chi connectivity index (χ1n) is 5.26. The molecule has 0 unspecified atom stereocenters. The lowest BCUT2D eigenvalue weighted by Crippen LogP contribution is -2.05. The fourth-order valence-corrected chi connectivity index (χ4v) is 1.39. The van der Waals surface area contributed by atoms with Gasteiger partial charge >= 0.3 is 5.97 Å². The number of carboxylic acid groups (broad SMARTS) is 1. The van der Waals surface area contributed by atoms with Gasteiger partial charge in [-0.1, -0.05) is 11.8 Å². The van der Waals surface area contributed by atoms with Crippen LogP contribution in [0.4, 0.5) is 0 Å². The molecule has 5 heteroatoms. The predicted octanol–water partition coefficient (Wildman–Crippen LogP) is 0.973. The van der Waals surface area contributed by atoms with Crippen molar-refractivity contribution in [3.05, 3.63) is 23.3 Å². The number of rotatable bonds is 4. The van der Waals surface area contributed by atoms with Crippen molar-refractivity contribution < 1.29 is 19.4 Å². The number of methoxy groups -OCH3 is 2. The standard InChI is InChI=1S/C13H15NO4/c1-14-6-4-5-9-7-11(17-2)12(18-3)8-10(9)13(15)16/h7-8,14H,6H2,1-3H3,(H,15,16). The molecule has 0 amide bonds. The quantitative estimate of drug-likeness (QED) is 0.778. The van der Waals surface area contributed by atoms with Gasteiger partial charge in [0.1, 0.15) is 0 Å². The fraction of sp³-hybridized carbons (Fsp3) is 0.308. The fourth-order valence-electron chi connectivity index (χ4n) is 1.39. The molecule has 1 rings (SSSR count). The second-order valence-corrected chi connectivity index (χ2v) is 3.39. The number of hydrogen-bond acceptors (Lipinski definition) is 4.